The molecular weight excluding hydrogens is 104 g/mol. The zero-order chi connectivity index (χ0) is 6.57. The zero-order valence-corrected chi connectivity index (χ0v) is 5.39. The number of ether oxygens (including phenoxy) is 1. The molecule has 0 aliphatic carbocycles. The Morgan fingerprint density at radius 1 is 1.62 bits per heavy atom. The van der Waals surface area contributed by atoms with Gasteiger partial charge >= 0.3 is 5.97 Å². The Hall–Kier alpha value is -0.530. The Balaban J connectivity index is 3.05. The van der Waals surface area contributed by atoms with Crippen molar-refractivity contribution >= 4 is 5.97 Å². The average molecular weight is 114 g/mol. The number of rotatable bonds is 2. The molecule has 0 aromatic carbocycles. The van der Waals surface area contributed by atoms with Gasteiger partial charge in [0.05, 0.1) is 0 Å². The first-order chi connectivity index (χ1) is 3.63. The van der Waals surface area contributed by atoms with Gasteiger partial charge in [-0.15, -0.1) is 0 Å². The van der Waals surface area contributed by atoms with Crippen molar-refractivity contribution in [2.75, 3.05) is 0 Å². The Labute approximate surface area is 49.8 Å². The fourth-order valence-corrected chi connectivity index (χ4v) is 0.201. The number of esters is 1. The van der Waals surface area contributed by atoms with Crippen LogP contribution in [0.1, 0.15) is 20.8 Å². The summed E-state index contributed by atoms with van der Waals surface area (Å²) in [6.07, 6.45) is 0. The molecule has 8 heavy (non-hydrogen) atoms. The molecule has 0 aliphatic rings. The first-order valence-electron chi connectivity index (χ1n) is 2.56. The lowest BCUT2D eigenvalue weighted by molar-refractivity contribution is -0.138. The summed E-state index contributed by atoms with van der Waals surface area (Å²) in [6, 6.07) is 0. The van der Waals surface area contributed by atoms with E-state index >= 15 is 0 Å². The van der Waals surface area contributed by atoms with Crippen LogP contribution in [-0.2, 0) is 9.53 Å². The Morgan fingerprint density at radius 2 is 2.12 bits per heavy atom. The molecule has 0 N–H and O–H groups in total. The largest absolute Gasteiger partial charge is 0.450 e. The van der Waals surface area contributed by atoms with Crippen LogP contribution in [0.4, 0.5) is 0 Å². The molecule has 2 radical (unpaired) electrons. The van der Waals surface area contributed by atoms with Crippen LogP contribution in [0.3, 0.4) is 0 Å². The highest BCUT2D eigenvalue weighted by Gasteiger charge is 1.97. The molecular formula is C6H10O2. The highest BCUT2D eigenvalue weighted by Crippen LogP contribution is 1.97. The molecule has 0 fully saturated rings. The van der Waals surface area contributed by atoms with Crippen molar-refractivity contribution in [3.8, 4) is 0 Å². The minimum absolute atomic E-state index is 0.193. The molecule has 0 aliphatic heterocycles. The molecule has 2 heteroatoms. The van der Waals surface area contributed by atoms with Gasteiger partial charge in [0.1, 0.15) is 0 Å². The van der Waals surface area contributed by atoms with Crippen molar-refractivity contribution in [2.45, 2.75) is 20.8 Å². The van der Waals surface area contributed by atoms with E-state index in [1.165, 1.54) is 6.92 Å². The lowest BCUT2D eigenvalue weighted by Crippen LogP contribution is -1.99. The van der Waals surface area contributed by atoms with Crippen LogP contribution in [0.15, 0.2) is 0 Å². The Morgan fingerprint density at radius 3 is 2.25 bits per heavy atom. The van der Waals surface area contributed by atoms with E-state index in [1.54, 1.807) is 0 Å². The third kappa shape index (κ3) is 5.47. The summed E-state index contributed by atoms with van der Waals surface area (Å²) in [4.78, 5) is 10.1. The highest BCUT2D eigenvalue weighted by atomic mass is 16.5. The lowest BCUT2D eigenvalue weighted by Gasteiger charge is -1.99. The van der Waals surface area contributed by atoms with Gasteiger partial charge in [-0.25, -0.2) is 0 Å². The molecule has 0 spiro atoms. The molecule has 0 heterocycles. The summed E-state index contributed by atoms with van der Waals surface area (Å²) in [6.45, 7) is 7.64. The predicted molar refractivity (Wildman–Crippen MR) is 29.8 cm³/mol. The van der Waals surface area contributed by atoms with Gasteiger partial charge in [-0.3, -0.25) is 4.79 Å². The van der Waals surface area contributed by atoms with Crippen LogP contribution in [0, 0.1) is 12.5 Å². The highest BCUT2D eigenvalue weighted by molar-refractivity contribution is 5.66. The SMILES string of the molecule is CC(=O)O[C]C(C)C. The van der Waals surface area contributed by atoms with Crippen LogP contribution in [0.25, 0.3) is 0 Å². The molecule has 0 saturated heterocycles. The number of hydrogen-bond donors (Lipinski definition) is 0. The minimum Gasteiger partial charge on any atom is -0.450 e. The number of hydrogen-bond acceptors (Lipinski definition) is 2. The summed E-state index contributed by atoms with van der Waals surface area (Å²) in [5, 5.41) is 0. The van der Waals surface area contributed by atoms with Crippen molar-refractivity contribution in [3.63, 3.8) is 0 Å². The van der Waals surface area contributed by atoms with Crippen LogP contribution in [0.5, 0.6) is 0 Å². The summed E-state index contributed by atoms with van der Waals surface area (Å²) >= 11 is 0. The van der Waals surface area contributed by atoms with Crippen LogP contribution in [0.2, 0.25) is 0 Å². The predicted octanol–water partition coefficient (Wildman–Crippen LogP) is 1.24. The fraction of sp³-hybridized carbons (Fsp3) is 0.667. The van der Waals surface area contributed by atoms with Gasteiger partial charge in [0.15, 0.2) is 0 Å². The van der Waals surface area contributed by atoms with Crippen molar-refractivity contribution in [2.24, 2.45) is 5.92 Å². The Kier molecular flexibility index (Phi) is 3.24. The zero-order valence-electron chi connectivity index (χ0n) is 5.39. The second-order valence-electron chi connectivity index (χ2n) is 1.87. The van der Waals surface area contributed by atoms with E-state index in [-0.39, 0.29) is 11.9 Å². The van der Waals surface area contributed by atoms with Crippen molar-refractivity contribution in [1.82, 2.24) is 0 Å². The maximum atomic E-state index is 10.1. The summed E-state index contributed by atoms with van der Waals surface area (Å²) in [5.74, 6) is -0.113. The average Bonchev–Trinajstić information content (AvgIpc) is 1.61. The summed E-state index contributed by atoms with van der Waals surface area (Å²) in [7, 11) is 0. The maximum absolute atomic E-state index is 10.1. The monoisotopic (exact) mass is 114 g/mol. The third-order valence-electron chi connectivity index (χ3n) is 0.438. The van der Waals surface area contributed by atoms with Gasteiger partial charge in [-0.2, -0.15) is 0 Å². The standard InChI is InChI=1S/C6H10O2/c1-5(2)4-8-6(3)7/h5H,1-3H3. The number of carbonyl (C=O) groups excluding carboxylic acids is 1. The van der Waals surface area contributed by atoms with E-state index in [1.807, 2.05) is 13.8 Å². The van der Waals surface area contributed by atoms with Crippen molar-refractivity contribution in [3.05, 3.63) is 6.61 Å². The minimum atomic E-state index is -0.307. The quantitative estimate of drug-likeness (QED) is 0.505. The molecule has 2 nitrogen and oxygen atoms in total. The summed E-state index contributed by atoms with van der Waals surface area (Å²) in [5.41, 5.74) is 0. The fourth-order valence-electron chi connectivity index (χ4n) is 0.201. The molecule has 0 amide bonds. The van der Waals surface area contributed by atoms with Crippen molar-refractivity contribution in [1.29, 1.82) is 0 Å². The molecule has 0 rings (SSSR count). The van der Waals surface area contributed by atoms with Crippen LogP contribution in [-0.4, -0.2) is 5.97 Å². The van der Waals surface area contributed by atoms with E-state index in [2.05, 4.69) is 11.3 Å². The van der Waals surface area contributed by atoms with Crippen molar-refractivity contribution < 1.29 is 9.53 Å². The van der Waals surface area contributed by atoms with Gasteiger partial charge in [0, 0.05) is 12.8 Å². The topological polar surface area (TPSA) is 26.3 Å². The van der Waals surface area contributed by atoms with Gasteiger partial charge in [0.2, 0.25) is 6.61 Å². The second kappa shape index (κ2) is 3.47. The van der Waals surface area contributed by atoms with E-state index in [9.17, 15) is 4.79 Å². The first-order valence-corrected chi connectivity index (χ1v) is 2.56. The lowest BCUT2D eigenvalue weighted by atomic mass is 10.2. The van der Waals surface area contributed by atoms with Crippen LogP contribution >= 0.6 is 0 Å². The normalized spacial score (nSPS) is 9.50. The second-order valence-corrected chi connectivity index (χ2v) is 1.87. The van der Waals surface area contributed by atoms with E-state index < -0.39 is 0 Å². The van der Waals surface area contributed by atoms with E-state index in [4.69, 9.17) is 0 Å². The van der Waals surface area contributed by atoms with Gasteiger partial charge < -0.3 is 4.74 Å². The van der Waals surface area contributed by atoms with E-state index in [0.717, 1.165) is 0 Å². The summed E-state index contributed by atoms with van der Waals surface area (Å²) < 4.78 is 4.41. The molecule has 0 bridgehead atoms. The smallest absolute Gasteiger partial charge is 0.303 e. The van der Waals surface area contributed by atoms with E-state index in [0.29, 0.717) is 0 Å². The molecule has 0 saturated carbocycles. The Bertz CT molecular complexity index is 76.6. The molecule has 0 unspecified atom stereocenters. The number of carbonyl (C=O) groups is 1. The third-order valence-corrected chi connectivity index (χ3v) is 0.438. The van der Waals surface area contributed by atoms with Gasteiger partial charge in [-0.1, -0.05) is 13.8 Å². The molecule has 0 aromatic rings. The first kappa shape index (κ1) is 7.47. The molecule has 46 valence electrons. The van der Waals surface area contributed by atoms with Crippen LogP contribution < -0.4 is 0 Å². The van der Waals surface area contributed by atoms with Gasteiger partial charge in [-0.05, 0) is 0 Å². The molecule has 0 aromatic heterocycles. The van der Waals surface area contributed by atoms with Gasteiger partial charge in [0.25, 0.3) is 0 Å². The molecule has 0 atom stereocenters. The maximum Gasteiger partial charge on any atom is 0.303 e.